The smallest absolute Gasteiger partial charge is 0.241 e. The Morgan fingerprint density at radius 1 is 1.42 bits per heavy atom. The van der Waals surface area contributed by atoms with Gasteiger partial charge in [-0.3, -0.25) is 0 Å². The van der Waals surface area contributed by atoms with Gasteiger partial charge in [0.15, 0.2) is 0 Å². The zero-order valence-electron chi connectivity index (χ0n) is 11.3. The molecule has 0 saturated heterocycles. The highest BCUT2D eigenvalue weighted by Crippen LogP contribution is 2.34. The van der Waals surface area contributed by atoms with Crippen LogP contribution in [-0.4, -0.2) is 27.7 Å². The number of nitrogen functional groups attached to an aromatic ring is 1. The highest BCUT2D eigenvalue weighted by Gasteiger charge is 2.38. The minimum atomic E-state index is -3.54. The lowest BCUT2D eigenvalue weighted by Crippen LogP contribution is -2.49. The SMILES string of the molecule is COC1(CNS(=O)(=O)c2cc(N)ccc2C)CCC1. The van der Waals surface area contributed by atoms with Crippen LogP contribution in [0, 0.1) is 6.92 Å². The number of aryl methyl sites for hydroxylation is 1. The van der Waals surface area contributed by atoms with Crippen LogP contribution in [0.1, 0.15) is 24.8 Å². The van der Waals surface area contributed by atoms with Crippen molar-refractivity contribution in [3.63, 3.8) is 0 Å². The molecule has 1 aliphatic carbocycles. The number of sulfonamides is 1. The maximum Gasteiger partial charge on any atom is 0.241 e. The summed E-state index contributed by atoms with van der Waals surface area (Å²) >= 11 is 0. The van der Waals surface area contributed by atoms with Gasteiger partial charge in [0.25, 0.3) is 0 Å². The fourth-order valence-electron chi connectivity index (χ4n) is 2.23. The molecule has 0 atom stereocenters. The van der Waals surface area contributed by atoms with E-state index in [1.54, 1.807) is 26.2 Å². The van der Waals surface area contributed by atoms with E-state index in [4.69, 9.17) is 10.5 Å². The minimum absolute atomic E-state index is 0.234. The van der Waals surface area contributed by atoms with Crippen molar-refractivity contribution in [3.8, 4) is 0 Å². The van der Waals surface area contributed by atoms with Crippen LogP contribution in [0.4, 0.5) is 5.69 Å². The molecule has 1 aromatic carbocycles. The summed E-state index contributed by atoms with van der Waals surface area (Å²) in [6.45, 7) is 2.06. The monoisotopic (exact) mass is 284 g/mol. The lowest BCUT2D eigenvalue weighted by atomic mass is 9.80. The molecule has 0 unspecified atom stereocenters. The number of ether oxygens (including phenoxy) is 1. The molecule has 3 N–H and O–H groups in total. The maximum atomic E-state index is 12.3. The molecule has 0 bridgehead atoms. The third-order valence-corrected chi connectivity index (χ3v) is 5.33. The topological polar surface area (TPSA) is 81.4 Å². The van der Waals surface area contributed by atoms with Crippen LogP contribution in [0.3, 0.4) is 0 Å². The van der Waals surface area contributed by atoms with E-state index in [9.17, 15) is 8.42 Å². The van der Waals surface area contributed by atoms with Gasteiger partial charge in [-0.25, -0.2) is 13.1 Å². The molecule has 0 amide bonds. The van der Waals surface area contributed by atoms with Gasteiger partial charge in [0, 0.05) is 19.3 Å². The summed E-state index contributed by atoms with van der Waals surface area (Å²) in [6, 6.07) is 4.88. The van der Waals surface area contributed by atoms with Crippen LogP contribution in [-0.2, 0) is 14.8 Å². The Morgan fingerprint density at radius 2 is 2.11 bits per heavy atom. The number of nitrogens with one attached hydrogen (secondary N) is 1. The second-order valence-electron chi connectivity index (χ2n) is 5.09. The second kappa shape index (κ2) is 5.11. The minimum Gasteiger partial charge on any atom is -0.399 e. The predicted octanol–water partition coefficient (Wildman–Crippen LogP) is 1.42. The quantitative estimate of drug-likeness (QED) is 0.801. The molecule has 5 nitrogen and oxygen atoms in total. The molecule has 0 heterocycles. The average molecular weight is 284 g/mol. The van der Waals surface area contributed by atoms with Gasteiger partial charge in [-0.2, -0.15) is 0 Å². The first-order valence-electron chi connectivity index (χ1n) is 6.29. The van der Waals surface area contributed by atoms with Gasteiger partial charge < -0.3 is 10.5 Å². The lowest BCUT2D eigenvalue weighted by molar-refractivity contribution is -0.0659. The Morgan fingerprint density at radius 3 is 2.63 bits per heavy atom. The normalized spacial score (nSPS) is 18.0. The molecule has 0 aromatic heterocycles. The molecule has 1 aromatic rings. The van der Waals surface area contributed by atoms with Crippen molar-refractivity contribution in [2.24, 2.45) is 0 Å². The Bertz CT molecular complexity index is 560. The van der Waals surface area contributed by atoms with Crippen LogP contribution in [0.2, 0.25) is 0 Å². The highest BCUT2D eigenvalue weighted by atomic mass is 32.2. The summed E-state index contributed by atoms with van der Waals surface area (Å²) in [5.74, 6) is 0. The highest BCUT2D eigenvalue weighted by molar-refractivity contribution is 7.89. The number of benzene rings is 1. The molecule has 19 heavy (non-hydrogen) atoms. The molecule has 1 aliphatic rings. The average Bonchev–Trinajstić information content (AvgIpc) is 2.31. The summed E-state index contributed by atoms with van der Waals surface area (Å²) < 4.78 is 32.6. The van der Waals surface area contributed by atoms with Gasteiger partial charge in [0.05, 0.1) is 10.5 Å². The first kappa shape index (κ1) is 14.3. The number of methoxy groups -OCH3 is 1. The standard InChI is InChI=1S/C13H20N2O3S/c1-10-4-5-11(14)8-12(10)19(16,17)15-9-13(18-2)6-3-7-13/h4-5,8,15H,3,6-7,9,14H2,1-2H3. The summed E-state index contributed by atoms with van der Waals surface area (Å²) in [7, 11) is -1.92. The summed E-state index contributed by atoms with van der Waals surface area (Å²) in [5.41, 5.74) is 6.44. The van der Waals surface area contributed by atoms with Crippen LogP contribution in [0.15, 0.2) is 23.1 Å². The number of hydrogen-bond donors (Lipinski definition) is 2. The van der Waals surface area contributed by atoms with Gasteiger partial charge >= 0.3 is 0 Å². The van der Waals surface area contributed by atoms with Crippen LogP contribution < -0.4 is 10.5 Å². The van der Waals surface area contributed by atoms with Gasteiger partial charge in [-0.15, -0.1) is 0 Å². The fourth-order valence-corrected chi connectivity index (χ4v) is 3.63. The molecule has 2 rings (SSSR count). The Balaban J connectivity index is 2.16. The van der Waals surface area contributed by atoms with Crippen molar-refractivity contribution >= 4 is 15.7 Å². The number of nitrogens with two attached hydrogens (primary N) is 1. The maximum absolute atomic E-state index is 12.3. The first-order chi connectivity index (χ1) is 8.88. The molecule has 1 saturated carbocycles. The van der Waals surface area contributed by atoms with Crippen LogP contribution in [0.5, 0.6) is 0 Å². The van der Waals surface area contributed by atoms with Crippen molar-refractivity contribution in [1.82, 2.24) is 4.72 Å². The van der Waals surface area contributed by atoms with Crippen molar-refractivity contribution < 1.29 is 13.2 Å². The van der Waals surface area contributed by atoms with E-state index in [1.165, 1.54) is 6.07 Å². The van der Waals surface area contributed by atoms with E-state index in [-0.39, 0.29) is 10.5 Å². The summed E-state index contributed by atoms with van der Waals surface area (Å²) in [5, 5.41) is 0. The zero-order chi connectivity index (χ0) is 14.1. The number of hydrogen-bond acceptors (Lipinski definition) is 4. The lowest BCUT2D eigenvalue weighted by Gasteiger charge is -2.40. The van der Waals surface area contributed by atoms with Crippen molar-refractivity contribution in [1.29, 1.82) is 0 Å². The van der Waals surface area contributed by atoms with E-state index < -0.39 is 10.0 Å². The van der Waals surface area contributed by atoms with Crippen LogP contribution >= 0.6 is 0 Å². The van der Waals surface area contributed by atoms with Crippen LogP contribution in [0.25, 0.3) is 0 Å². The molecular weight excluding hydrogens is 264 g/mol. The van der Waals surface area contributed by atoms with E-state index in [0.717, 1.165) is 19.3 Å². The second-order valence-corrected chi connectivity index (χ2v) is 6.83. The molecule has 6 heteroatoms. The third kappa shape index (κ3) is 2.91. The Labute approximate surface area is 114 Å². The van der Waals surface area contributed by atoms with E-state index >= 15 is 0 Å². The zero-order valence-corrected chi connectivity index (χ0v) is 12.1. The molecule has 106 valence electrons. The number of rotatable bonds is 5. The van der Waals surface area contributed by atoms with Gasteiger partial charge in [-0.05, 0) is 43.9 Å². The van der Waals surface area contributed by atoms with Crippen molar-refractivity contribution in [2.75, 3.05) is 19.4 Å². The van der Waals surface area contributed by atoms with E-state index in [2.05, 4.69) is 4.72 Å². The Kier molecular flexibility index (Phi) is 3.85. The molecule has 0 radical (unpaired) electrons. The Hall–Kier alpha value is -1.11. The van der Waals surface area contributed by atoms with Gasteiger partial charge in [0.2, 0.25) is 10.0 Å². The summed E-state index contributed by atoms with van der Waals surface area (Å²) in [6.07, 6.45) is 2.86. The van der Waals surface area contributed by atoms with E-state index in [1.807, 2.05) is 0 Å². The fraction of sp³-hybridized carbons (Fsp3) is 0.538. The van der Waals surface area contributed by atoms with Crippen molar-refractivity contribution in [2.45, 2.75) is 36.7 Å². The van der Waals surface area contributed by atoms with Crippen molar-refractivity contribution in [3.05, 3.63) is 23.8 Å². The molecule has 1 fully saturated rings. The summed E-state index contributed by atoms with van der Waals surface area (Å²) in [4.78, 5) is 0.234. The largest absolute Gasteiger partial charge is 0.399 e. The molecule has 0 spiro atoms. The van der Waals surface area contributed by atoms with E-state index in [0.29, 0.717) is 17.8 Å². The van der Waals surface area contributed by atoms with Gasteiger partial charge in [0.1, 0.15) is 0 Å². The number of anilines is 1. The molecular formula is C13H20N2O3S. The predicted molar refractivity (Wildman–Crippen MR) is 74.4 cm³/mol. The first-order valence-corrected chi connectivity index (χ1v) is 7.78. The molecule has 0 aliphatic heterocycles. The van der Waals surface area contributed by atoms with Gasteiger partial charge in [-0.1, -0.05) is 6.07 Å². The third-order valence-electron chi connectivity index (χ3n) is 3.78.